The van der Waals surface area contributed by atoms with E-state index < -0.39 is 26.7 Å². The number of thioether (sulfide) groups is 1. The van der Waals surface area contributed by atoms with Gasteiger partial charge in [-0.15, -0.1) is 11.8 Å². The third kappa shape index (κ3) is 4.42. The molecule has 2 atom stereocenters. The van der Waals surface area contributed by atoms with Crippen molar-refractivity contribution < 1.29 is 22.0 Å². The first-order chi connectivity index (χ1) is 10.3. The van der Waals surface area contributed by atoms with Crippen molar-refractivity contribution in [2.75, 3.05) is 11.5 Å². The molecule has 0 bridgehead atoms. The van der Waals surface area contributed by atoms with Gasteiger partial charge >= 0.3 is 0 Å². The molecule has 0 aromatic heterocycles. The minimum absolute atomic E-state index is 0.0331. The third-order valence-electron chi connectivity index (χ3n) is 3.47. The summed E-state index contributed by atoms with van der Waals surface area (Å²) in [5, 5.41) is 2.21. The SMILES string of the molecule is C[C@@H](SCc1cccc(F)c1F)C(=O)N[C@@H]1CCS(=O)(=O)C1. The third-order valence-corrected chi connectivity index (χ3v) is 6.43. The Morgan fingerprint density at radius 2 is 2.18 bits per heavy atom. The van der Waals surface area contributed by atoms with E-state index in [9.17, 15) is 22.0 Å². The van der Waals surface area contributed by atoms with Crippen molar-refractivity contribution in [3.8, 4) is 0 Å². The summed E-state index contributed by atoms with van der Waals surface area (Å²) in [5.41, 5.74) is 0.202. The molecule has 1 heterocycles. The normalized spacial score (nSPS) is 21.5. The van der Waals surface area contributed by atoms with E-state index in [2.05, 4.69) is 5.32 Å². The quantitative estimate of drug-likeness (QED) is 0.882. The Balaban J connectivity index is 1.85. The molecule has 4 nitrogen and oxygen atoms in total. The molecule has 0 spiro atoms. The molecule has 1 N–H and O–H groups in total. The summed E-state index contributed by atoms with van der Waals surface area (Å²) in [4.78, 5) is 12.0. The molecule has 1 aromatic rings. The number of benzene rings is 1. The van der Waals surface area contributed by atoms with E-state index in [0.29, 0.717) is 6.42 Å². The summed E-state index contributed by atoms with van der Waals surface area (Å²) in [5.74, 6) is -1.87. The largest absolute Gasteiger partial charge is 0.351 e. The minimum Gasteiger partial charge on any atom is -0.351 e. The van der Waals surface area contributed by atoms with Crippen LogP contribution >= 0.6 is 11.8 Å². The van der Waals surface area contributed by atoms with E-state index in [0.717, 1.165) is 6.07 Å². The lowest BCUT2D eigenvalue weighted by molar-refractivity contribution is -0.120. The molecule has 1 aliphatic heterocycles. The van der Waals surface area contributed by atoms with Gasteiger partial charge in [0.15, 0.2) is 21.5 Å². The molecule has 1 aromatic carbocycles. The maximum absolute atomic E-state index is 13.5. The maximum atomic E-state index is 13.5. The van der Waals surface area contributed by atoms with Gasteiger partial charge < -0.3 is 5.32 Å². The van der Waals surface area contributed by atoms with Gasteiger partial charge in [-0.3, -0.25) is 4.79 Å². The Morgan fingerprint density at radius 3 is 2.82 bits per heavy atom. The Labute approximate surface area is 132 Å². The number of carbonyl (C=O) groups is 1. The molecule has 22 heavy (non-hydrogen) atoms. The molecule has 1 saturated heterocycles. The van der Waals surface area contributed by atoms with Crippen LogP contribution in [0.25, 0.3) is 0 Å². The summed E-state index contributed by atoms with van der Waals surface area (Å²) in [6.07, 6.45) is 0.421. The average Bonchev–Trinajstić information content (AvgIpc) is 2.79. The summed E-state index contributed by atoms with van der Waals surface area (Å²) in [7, 11) is -3.05. The van der Waals surface area contributed by atoms with Crippen molar-refractivity contribution in [3.05, 3.63) is 35.4 Å². The highest BCUT2D eigenvalue weighted by Gasteiger charge is 2.30. The molecule has 0 radical (unpaired) electrons. The fraction of sp³-hybridized carbons (Fsp3) is 0.500. The van der Waals surface area contributed by atoms with Crippen LogP contribution in [0.1, 0.15) is 18.9 Å². The van der Waals surface area contributed by atoms with Gasteiger partial charge in [0.1, 0.15) is 0 Å². The van der Waals surface area contributed by atoms with Crippen LogP contribution in [0.15, 0.2) is 18.2 Å². The molecule has 0 aliphatic carbocycles. The van der Waals surface area contributed by atoms with Crippen LogP contribution in [0.5, 0.6) is 0 Å². The molecule has 0 saturated carbocycles. The van der Waals surface area contributed by atoms with Gasteiger partial charge in [-0.05, 0) is 19.4 Å². The van der Waals surface area contributed by atoms with Crippen LogP contribution in [0, 0.1) is 11.6 Å². The van der Waals surface area contributed by atoms with Crippen molar-refractivity contribution in [1.29, 1.82) is 0 Å². The Kier molecular flexibility index (Phi) is 5.44. The zero-order chi connectivity index (χ0) is 16.3. The molecule has 1 fully saturated rings. The van der Waals surface area contributed by atoms with E-state index in [1.165, 1.54) is 23.9 Å². The summed E-state index contributed by atoms with van der Waals surface area (Å²) >= 11 is 1.18. The number of hydrogen-bond donors (Lipinski definition) is 1. The first kappa shape index (κ1) is 17.2. The first-order valence-electron chi connectivity index (χ1n) is 6.84. The zero-order valence-corrected chi connectivity index (χ0v) is 13.6. The van der Waals surface area contributed by atoms with Gasteiger partial charge in [0.2, 0.25) is 5.91 Å². The molecular weight excluding hydrogens is 332 g/mol. The Hall–Kier alpha value is -1.15. The average molecular weight is 349 g/mol. The van der Waals surface area contributed by atoms with Crippen molar-refractivity contribution >= 4 is 27.5 Å². The first-order valence-corrected chi connectivity index (χ1v) is 9.71. The highest BCUT2D eigenvalue weighted by atomic mass is 32.2. The van der Waals surface area contributed by atoms with Crippen molar-refractivity contribution in [2.45, 2.75) is 30.4 Å². The van der Waals surface area contributed by atoms with Crippen molar-refractivity contribution in [2.24, 2.45) is 0 Å². The molecule has 122 valence electrons. The maximum Gasteiger partial charge on any atom is 0.233 e. The number of carbonyl (C=O) groups excluding carboxylic acids is 1. The van der Waals surface area contributed by atoms with Crippen LogP contribution < -0.4 is 5.32 Å². The van der Waals surface area contributed by atoms with E-state index in [-0.39, 0.29) is 34.8 Å². The second-order valence-electron chi connectivity index (χ2n) is 5.27. The van der Waals surface area contributed by atoms with Gasteiger partial charge in [0, 0.05) is 17.4 Å². The van der Waals surface area contributed by atoms with Crippen LogP contribution in [-0.2, 0) is 20.4 Å². The lowest BCUT2D eigenvalue weighted by Crippen LogP contribution is -2.40. The van der Waals surface area contributed by atoms with Gasteiger partial charge in [-0.2, -0.15) is 0 Å². The fourth-order valence-corrected chi connectivity index (χ4v) is 4.72. The number of sulfone groups is 1. The van der Waals surface area contributed by atoms with Gasteiger partial charge in [-0.25, -0.2) is 17.2 Å². The fourth-order valence-electron chi connectivity index (χ4n) is 2.18. The standard InChI is InChI=1S/C14H17F2NO3S2/c1-9(14(18)17-11-5-6-22(19,20)8-11)21-7-10-3-2-4-12(15)13(10)16/h2-4,9,11H,5-8H2,1H3,(H,17,18)/t9-,11-/m1/s1. The smallest absolute Gasteiger partial charge is 0.233 e. The topological polar surface area (TPSA) is 63.2 Å². The summed E-state index contributed by atoms with van der Waals surface area (Å²) in [6, 6.07) is 3.58. The molecule has 2 rings (SSSR count). The molecular formula is C14H17F2NO3S2. The number of rotatable bonds is 5. The predicted molar refractivity (Wildman–Crippen MR) is 82.3 cm³/mol. The lowest BCUT2D eigenvalue weighted by Gasteiger charge is -2.15. The van der Waals surface area contributed by atoms with Crippen LogP contribution in [0.4, 0.5) is 8.78 Å². The van der Waals surface area contributed by atoms with Gasteiger partial charge in [0.25, 0.3) is 0 Å². The molecule has 0 unspecified atom stereocenters. The van der Waals surface area contributed by atoms with Gasteiger partial charge in [-0.1, -0.05) is 12.1 Å². The highest BCUT2D eigenvalue weighted by Crippen LogP contribution is 2.22. The Bertz CT molecular complexity index is 664. The Morgan fingerprint density at radius 1 is 1.45 bits per heavy atom. The van der Waals surface area contributed by atoms with E-state index in [4.69, 9.17) is 0 Å². The summed E-state index contributed by atoms with van der Waals surface area (Å²) in [6.45, 7) is 1.65. The molecule has 8 heteroatoms. The van der Waals surface area contributed by atoms with E-state index in [1.807, 2.05) is 0 Å². The molecule has 1 amide bonds. The van der Waals surface area contributed by atoms with Crippen LogP contribution in [-0.4, -0.2) is 37.1 Å². The number of halogens is 2. The second-order valence-corrected chi connectivity index (χ2v) is 8.83. The van der Waals surface area contributed by atoms with E-state index in [1.54, 1.807) is 6.92 Å². The van der Waals surface area contributed by atoms with E-state index >= 15 is 0 Å². The molecule has 1 aliphatic rings. The van der Waals surface area contributed by atoms with Gasteiger partial charge in [0.05, 0.1) is 16.8 Å². The number of hydrogen-bond acceptors (Lipinski definition) is 4. The predicted octanol–water partition coefficient (Wildman–Crippen LogP) is 1.89. The monoisotopic (exact) mass is 349 g/mol. The van der Waals surface area contributed by atoms with Crippen LogP contribution in [0.2, 0.25) is 0 Å². The number of nitrogens with one attached hydrogen (secondary N) is 1. The number of amides is 1. The van der Waals surface area contributed by atoms with Crippen LogP contribution in [0.3, 0.4) is 0 Å². The van der Waals surface area contributed by atoms with Crippen molar-refractivity contribution in [1.82, 2.24) is 5.32 Å². The minimum atomic E-state index is -3.05. The van der Waals surface area contributed by atoms with Crippen molar-refractivity contribution in [3.63, 3.8) is 0 Å². The summed E-state index contributed by atoms with van der Waals surface area (Å²) < 4.78 is 49.3. The highest BCUT2D eigenvalue weighted by molar-refractivity contribution is 7.99. The second kappa shape index (κ2) is 6.95. The zero-order valence-electron chi connectivity index (χ0n) is 12.0. The lowest BCUT2D eigenvalue weighted by atomic mass is 10.2.